The van der Waals surface area contributed by atoms with Gasteiger partial charge in [-0.3, -0.25) is 14.4 Å². The van der Waals surface area contributed by atoms with Crippen LogP contribution in [0.1, 0.15) is 18.1 Å². The first-order chi connectivity index (χ1) is 12.8. The van der Waals surface area contributed by atoms with E-state index in [4.69, 9.17) is 0 Å². The maximum absolute atomic E-state index is 12.8. The Morgan fingerprint density at radius 3 is 1.64 bits per heavy atom. The molecule has 6 nitrogen and oxygen atoms in total. The van der Waals surface area contributed by atoms with Crippen molar-refractivity contribution >= 4 is 23.4 Å². The van der Waals surface area contributed by atoms with Crippen molar-refractivity contribution in [2.45, 2.75) is 19.3 Å². The minimum atomic E-state index is -5.08. The van der Waals surface area contributed by atoms with Crippen LogP contribution in [0.3, 0.4) is 0 Å². The molecule has 1 heterocycles. The summed E-state index contributed by atoms with van der Waals surface area (Å²) in [6, 6.07) is 0.542. The predicted octanol–water partition coefficient (Wildman–Crippen LogP) is 2.35. The van der Waals surface area contributed by atoms with Gasteiger partial charge in [0.05, 0.1) is 11.1 Å². The molecule has 0 unspecified atom stereocenters. The van der Waals surface area contributed by atoms with Crippen molar-refractivity contribution in [2.24, 2.45) is 0 Å². The molecule has 0 atom stereocenters. The third-order valence-electron chi connectivity index (χ3n) is 4.05. The topological polar surface area (TPSA) is 69.7 Å². The predicted molar refractivity (Wildman–Crippen MR) is 83.9 cm³/mol. The second-order valence-electron chi connectivity index (χ2n) is 6.05. The number of carbonyl (C=O) groups is 3. The zero-order valence-corrected chi connectivity index (χ0v) is 14.4. The van der Waals surface area contributed by atoms with Crippen LogP contribution in [0.5, 0.6) is 0 Å². The molecule has 1 aliphatic heterocycles. The molecular formula is C16H15F6N3O3. The zero-order chi connectivity index (χ0) is 21.3. The molecule has 1 aromatic rings. The Morgan fingerprint density at radius 2 is 1.25 bits per heavy atom. The van der Waals surface area contributed by atoms with E-state index in [0.717, 1.165) is 4.90 Å². The number of piperazine rings is 1. The standard InChI is InChI=1S/C16H15F6N3O3/c1-9(26)24-2-4-25(5-3-24)14(28)13(27)23-12-7-10(15(17,18)19)6-11(8-12)16(20,21)22/h6-8H,2-5H2,1H3,(H,23,27). The molecule has 0 bridgehead atoms. The number of benzene rings is 1. The van der Waals surface area contributed by atoms with E-state index >= 15 is 0 Å². The molecule has 3 amide bonds. The lowest BCUT2D eigenvalue weighted by atomic mass is 10.1. The Bertz CT molecular complexity index is 751. The van der Waals surface area contributed by atoms with E-state index in [1.165, 1.54) is 11.8 Å². The number of amides is 3. The molecule has 12 heteroatoms. The smallest absolute Gasteiger partial charge is 0.339 e. The lowest BCUT2D eigenvalue weighted by Crippen LogP contribution is -2.52. The second kappa shape index (κ2) is 7.68. The van der Waals surface area contributed by atoms with E-state index in [0.29, 0.717) is 12.1 Å². The lowest BCUT2D eigenvalue weighted by molar-refractivity contribution is -0.146. The van der Waals surface area contributed by atoms with E-state index in [2.05, 4.69) is 0 Å². The van der Waals surface area contributed by atoms with Gasteiger partial charge in [0.2, 0.25) is 5.91 Å². The van der Waals surface area contributed by atoms with Crippen molar-refractivity contribution in [3.05, 3.63) is 29.3 Å². The van der Waals surface area contributed by atoms with E-state index in [1.54, 1.807) is 5.32 Å². The number of nitrogens with zero attached hydrogens (tertiary/aromatic N) is 2. The summed E-state index contributed by atoms with van der Waals surface area (Å²) in [5.41, 5.74) is -4.02. The van der Waals surface area contributed by atoms with Gasteiger partial charge >= 0.3 is 24.2 Å². The summed E-state index contributed by atoms with van der Waals surface area (Å²) in [6.45, 7) is 1.69. The summed E-state index contributed by atoms with van der Waals surface area (Å²) >= 11 is 0. The summed E-state index contributed by atoms with van der Waals surface area (Å²) < 4.78 is 77.0. The molecule has 0 aromatic heterocycles. The normalized spacial score (nSPS) is 15.4. The van der Waals surface area contributed by atoms with Gasteiger partial charge in [-0.25, -0.2) is 0 Å². The van der Waals surface area contributed by atoms with Crippen LogP contribution < -0.4 is 5.32 Å². The van der Waals surface area contributed by atoms with Gasteiger partial charge in [0.15, 0.2) is 0 Å². The number of halogens is 6. The summed E-state index contributed by atoms with van der Waals surface area (Å²) in [7, 11) is 0. The molecule has 0 spiro atoms. The molecule has 0 aliphatic carbocycles. The molecular weight excluding hydrogens is 396 g/mol. The van der Waals surface area contributed by atoms with Crippen LogP contribution in [0.15, 0.2) is 18.2 Å². The van der Waals surface area contributed by atoms with E-state index < -0.39 is 41.0 Å². The fourth-order valence-electron chi connectivity index (χ4n) is 2.58. The SMILES string of the molecule is CC(=O)N1CCN(C(=O)C(=O)Nc2cc(C(F)(F)F)cc(C(F)(F)F)c2)CC1. The Kier molecular flexibility index (Phi) is 5.90. The number of hydrogen-bond acceptors (Lipinski definition) is 3. The van der Waals surface area contributed by atoms with E-state index in [1.807, 2.05) is 0 Å². The van der Waals surface area contributed by atoms with Crippen LogP contribution in [0, 0.1) is 0 Å². The van der Waals surface area contributed by atoms with E-state index in [-0.39, 0.29) is 38.2 Å². The summed E-state index contributed by atoms with van der Waals surface area (Å²) in [6.07, 6.45) is -10.2. The molecule has 0 saturated carbocycles. The molecule has 1 N–H and O–H groups in total. The minimum absolute atomic E-state index is 0.0161. The maximum Gasteiger partial charge on any atom is 0.416 e. The van der Waals surface area contributed by atoms with Crippen molar-refractivity contribution in [1.82, 2.24) is 9.80 Å². The summed E-state index contributed by atoms with van der Waals surface area (Å²) in [4.78, 5) is 37.8. The Balaban J connectivity index is 2.17. The van der Waals surface area contributed by atoms with Crippen molar-refractivity contribution in [3.8, 4) is 0 Å². The highest BCUT2D eigenvalue weighted by Gasteiger charge is 2.37. The highest BCUT2D eigenvalue weighted by atomic mass is 19.4. The number of alkyl halides is 6. The Hall–Kier alpha value is -2.79. The molecule has 0 radical (unpaired) electrons. The van der Waals surface area contributed by atoms with Crippen LogP contribution in [0.4, 0.5) is 32.0 Å². The first-order valence-corrected chi connectivity index (χ1v) is 7.94. The fraction of sp³-hybridized carbons (Fsp3) is 0.438. The minimum Gasteiger partial charge on any atom is -0.339 e. The van der Waals surface area contributed by atoms with Gasteiger partial charge in [0.25, 0.3) is 0 Å². The van der Waals surface area contributed by atoms with Gasteiger partial charge in [-0.1, -0.05) is 0 Å². The summed E-state index contributed by atoms with van der Waals surface area (Å²) in [5, 5.41) is 1.79. The number of hydrogen-bond donors (Lipinski definition) is 1. The third-order valence-corrected chi connectivity index (χ3v) is 4.05. The second-order valence-corrected chi connectivity index (χ2v) is 6.05. The number of carbonyl (C=O) groups excluding carboxylic acids is 3. The third kappa shape index (κ3) is 5.14. The van der Waals surface area contributed by atoms with Crippen LogP contribution in [0.2, 0.25) is 0 Å². The van der Waals surface area contributed by atoms with Crippen LogP contribution >= 0.6 is 0 Å². The molecule has 2 rings (SSSR count). The van der Waals surface area contributed by atoms with E-state index in [9.17, 15) is 40.7 Å². The first kappa shape index (κ1) is 21.5. The molecule has 28 heavy (non-hydrogen) atoms. The highest BCUT2D eigenvalue weighted by molar-refractivity contribution is 6.39. The fourth-order valence-corrected chi connectivity index (χ4v) is 2.58. The summed E-state index contributed by atoms with van der Waals surface area (Å²) in [5.74, 6) is -2.71. The average Bonchev–Trinajstić information content (AvgIpc) is 2.59. The van der Waals surface area contributed by atoms with Crippen molar-refractivity contribution < 1.29 is 40.7 Å². The van der Waals surface area contributed by atoms with Crippen molar-refractivity contribution in [2.75, 3.05) is 31.5 Å². The Morgan fingerprint density at radius 1 is 0.821 bits per heavy atom. The number of anilines is 1. The van der Waals surface area contributed by atoms with Gasteiger partial charge in [-0.05, 0) is 18.2 Å². The number of nitrogens with one attached hydrogen (secondary N) is 1. The lowest BCUT2D eigenvalue weighted by Gasteiger charge is -2.33. The Labute approximate surface area is 155 Å². The van der Waals surface area contributed by atoms with Crippen LogP contribution in [-0.2, 0) is 26.7 Å². The van der Waals surface area contributed by atoms with Crippen LogP contribution in [0.25, 0.3) is 0 Å². The maximum atomic E-state index is 12.8. The van der Waals surface area contributed by atoms with Gasteiger partial charge in [0, 0.05) is 38.8 Å². The van der Waals surface area contributed by atoms with Crippen LogP contribution in [-0.4, -0.2) is 53.7 Å². The molecule has 1 aliphatic rings. The van der Waals surface area contributed by atoms with Gasteiger partial charge < -0.3 is 15.1 Å². The van der Waals surface area contributed by atoms with Crippen molar-refractivity contribution in [1.29, 1.82) is 0 Å². The quantitative estimate of drug-likeness (QED) is 0.570. The van der Waals surface area contributed by atoms with Crippen molar-refractivity contribution in [3.63, 3.8) is 0 Å². The average molecular weight is 411 g/mol. The van der Waals surface area contributed by atoms with Gasteiger partial charge in [-0.15, -0.1) is 0 Å². The molecule has 1 fully saturated rings. The monoisotopic (exact) mass is 411 g/mol. The molecule has 154 valence electrons. The van der Waals surface area contributed by atoms with Gasteiger partial charge in [0.1, 0.15) is 0 Å². The van der Waals surface area contributed by atoms with Gasteiger partial charge in [-0.2, -0.15) is 26.3 Å². The largest absolute Gasteiger partial charge is 0.416 e. The first-order valence-electron chi connectivity index (χ1n) is 7.94. The number of rotatable bonds is 1. The molecule has 1 aromatic carbocycles. The zero-order valence-electron chi connectivity index (χ0n) is 14.4. The highest BCUT2D eigenvalue weighted by Crippen LogP contribution is 2.37. The molecule has 1 saturated heterocycles.